The van der Waals surface area contributed by atoms with Crippen molar-refractivity contribution in [3.63, 3.8) is 0 Å². The van der Waals surface area contributed by atoms with E-state index >= 15 is 0 Å². The molecule has 2 rings (SSSR count). The first kappa shape index (κ1) is 14.6. The van der Waals surface area contributed by atoms with Crippen LogP contribution in [0.2, 0.25) is 0 Å². The summed E-state index contributed by atoms with van der Waals surface area (Å²) in [6.45, 7) is 6.39. The molecule has 1 aromatic heterocycles. The van der Waals surface area contributed by atoms with Crippen LogP contribution in [-0.2, 0) is 0 Å². The van der Waals surface area contributed by atoms with Crippen LogP contribution in [0.1, 0.15) is 50.0 Å². The number of amides is 1. The number of hydrogen-bond donors (Lipinski definition) is 2. The molecule has 0 atom stereocenters. The van der Waals surface area contributed by atoms with Gasteiger partial charge in [0, 0.05) is 13.1 Å². The van der Waals surface area contributed by atoms with E-state index in [0.717, 1.165) is 25.9 Å². The first-order chi connectivity index (χ1) is 9.51. The lowest BCUT2D eigenvalue weighted by atomic mass is 9.74. The normalized spacial score (nSPS) is 18.0. The Morgan fingerprint density at radius 3 is 2.40 bits per heavy atom. The molecule has 2 heterocycles. The first-order valence-electron chi connectivity index (χ1n) is 7.32. The highest BCUT2D eigenvalue weighted by Gasteiger charge is 2.32. The fraction of sp³-hybridized carbons (Fsp3) is 0.600. The second-order valence-electron chi connectivity index (χ2n) is 5.67. The maximum Gasteiger partial charge on any atom is 0.267 e. The van der Waals surface area contributed by atoms with Crippen molar-refractivity contribution in [2.45, 2.75) is 39.5 Å². The Labute approximate surface area is 120 Å². The summed E-state index contributed by atoms with van der Waals surface area (Å²) >= 11 is 0. The van der Waals surface area contributed by atoms with Crippen LogP contribution in [0.5, 0.6) is 0 Å². The first-order valence-corrected chi connectivity index (χ1v) is 7.32. The molecule has 5 heteroatoms. The Hall–Kier alpha value is -1.78. The van der Waals surface area contributed by atoms with E-state index < -0.39 is 5.91 Å². The van der Waals surface area contributed by atoms with Crippen molar-refractivity contribution in [1.29, 1.82) is 0 Å². The number of nitrogens with zero attached hydrogens (tertiary/aromatic N) is 2. The van der Waals surface area contributed by atoms with E-state index in [4.69, 9.17) is 11.5 Å². The van der Waals surface area contributed by atoms with E-state index in [1.54, 1.807) is 12.1 Å². The second kappa shape index (κ2) is 5.69. The Kier molecular flexibility index (Phi) is 4.16. The van der Waals surface area contributed by atoms with Crippen molar-refractivity contribution in [3.8, 4) is 0 Å². The van der Waals surface area contributed by atoms with Crippen LogP contribution in [0, 0.1) is 5.41 Å². The third-order valence-electron chi connectivity index (χ3n) is 4.78. The fourth-order valence-electron chi connectivity index (χ4n) is 3.00. The largest absolute Gasteiger partial charge is 0.396 e. The molecule has 0 aliphatic carbocycles. The highest BCUT2D eigenvalue weighted by Crippen LogP contribution is 2.39. The van der Waals surface area contributed by atoms with Gasteiger partial charge < -0.3 is 16.4 Å². The van der Waals surface area contributed by atoms with Crippen LogP contribution in [-0.4, -0.2) is 24.0 Å². The highest BCUT2D eigenvalue weighted by molar-refractivity contribution is 5.91. The van der Waals surface area contributed by atoms with Crippen LogP contribution in [0.3, 0.4) is 0 Å². The number of piperidine rings is 1. The van der Waals surface area contributed by atoms with Crippen molar-refractivity contribution >= 4 is 17.4 Å². The molecule has 4 N–H and O–H groups in total. The van der Waals surface area contributed by atoms with Crippen molar-refractivity contribution in [2.75, 3.05) is 23.7 Å². The zero-order valence-corrected chi connectivity index (χ0v) is 12.4. The molecule has 5 nitrogen and oxygen atoms in total. The summed E-state index contributed by atoms with van der Waals surface area (Å²) in [5.74, 6) is 0.182. The Balaban J connectivity index is 2.18. The molecule has 20 heavy (non-hydrogen) atoms. The van der Waals surface area contributed by atoms with E-state index in [1.165, 1.54) is 12.8 Å². The van der Waals surface area contributed by atoms with Gasteiger partial charge in [-0.1, -0.05) is 26.7 Å². The summed E-state index contributed by atoms with van der Waals surface area (Å²) in [5, 5.41) is 0. The van der Waals surface area contributed by atoms with Crippen LogP contribution >= 0.6 is 0 Å². The minimum atomic E-state index is -0.514. The summed E-state index contributed by atoms with van der Waals surface area (Å²) < 4.78 is 0. The van der Waals surface area contributed by atoms with E-state index in [9.17, 15) is 4.79 Å². The zero-order valence-electron chi connectivity index (χ0n) is 12.4. The number of primary amides is 1. The lowest BCUT2D eigenvalue weighted by Gasteiger charge is -2.41. The van der Waals surface area contributed by atoms with Gasteiger partial charge in [-0.25, -0.2) is 4.98 Å². The van der Waals surface area contributed by atoms with E-state index in [0.29, 0.717) is 16.9 Å². The minimum absolute atomic E-state index is 0.275. The van der Waals surface area contributed by atoms with Crippen molar-refractivity contribution in [3.05, 3.63) is 17.8 Å². The third-order valence-corrected chi connectivity index (χ3v) is 4.78. The molecule has 1 aliphatic rings. The highest BCUT2D eigenvalue weighted by atomic mass is 16.1. The average Bonchev–Trinajstić information content (AvgIpc) is 2.48. The standard InChI is InChI=1S/C15H24N4O/c1-3-15(4-2)7-9-19(10-8-15)14-11(16)5-6-12(18-14)13(17)20/h5-6H,3-4,7-10,16H2,1-2H3,(H2,17,20). The van der Waals surface area contributed by atoms with Gasteiger partial charge in [-0.2, -0.15) is 0 Å². The molecule has 1 amide bonds. The molecule has 1 aliphatic heterocycles. The second-order valence-corrected chi connectivity index (χ2v) is 5.67. The van der Waals surface area contributed by atoms with Gasteiger partial charge in [0.25, 0.3) is 5.91 Å². The summed E-state index contributed by atoms with van der Waals surface area (Å²) in [6, 6.07) is 3.29. The molecular formula is C15H24N4O. The molecule has 0 aromatic carbocycles. The third kappa shape index (κ3) is 2.71. The predicted molar refractivity (Wildman–Crippen MR) is 81.6 cm³/mol. The Morgan fingerprint density at radius 1 is 1.30 bits per heavy atom. The Bertz CT molecular complexity index is 487. The zero-order chi connectivity index (χ0) is 14.8. The van der Waals surface area contributed by atoms with E-state index in [2.05, 4.69) is 23.7 Å². The number of hydrogen-bond acceptors (Lipinski definition) is 4. The Morgan fingerprint density at radius 2 is 1.90 bits per heavy atom. The van der Waals surface area contributed by atoms with Gasteiger partial charge >= 0.3 is 0 Å². The van der Waals surface area contributed by atoms with Crippen molar-refractivity contribution < 1.29 is 4.79 Å². The maximum absolute atomic E-state index is 11.2. The summed E-state index contributed by atoms with van der Waals surface area (Å²) in [6.07, 6.45) is 4.70. The summed E-state index contributed by atoms with van der Waals surface area (Å²) in [4.78, 5) is 17.7. The van der Waals surface area contributed by atoms with Crippen LogP contribution in [0.25, 0.3) is 0 Å². The van der Waals surface area contributed by atoms with E-state index in [1.807, 2.05) is 0 Å². The maximum atomic E-state index is 11.2. The lowest BCUT2D eigenvalue weighted by Crippen LogP contribution is -2.40. The summed E-state index contributed by atoms with van der Waals surface area (Å²) in [7, 11) is 0. The number of rotatable bonds is 4. The number of carbonyl (C=O) groups excluding carboxylic acids is 1. The monoisotopic (exact) mass is 276 g/mol. The SMILES string of the molecule is CCC1(CC)CCN(c2nc(C(N)=O)ccc2N)CC1. The van der Waals surface area contributed by atoms with Crippen molar-refractivity contribution in [1.82, 2.24) is 4.98 Å². The van der Waals surface area contributed by atoms with Crippen LogP contribution in [0.15, 0.2) is 12.1 Å². The van der Waals surface area contributed by atoms with Gasteiger partial charge in [-0.15, -0.1) is 0 Å². The molecular weight excluding hydrogens is 252 g/mol. The smallest absolute Gasteiger partial charge is 0.267 e. The fourth-order valence-corrected chi connectivity index (χ4v) is 3.00. The lowest BCUT2D eigenvalue weighted by molar-refractivity contribution is 0.0995. The van der Waals surface area contributed by atoms with Gasteiger partial charge in [-0.3, -0.25) is 4.79 Å². The molecule has 0 bridgehead atoms. The molecule has 0 radical (unpaired) electrons. The molecule has 0 spiro atoms. The van der Waals surface area contributed by atoms with Crippen molar-refractivity contribution in [2.24, 2.45) is 11.1 Å². The number of aromatic nitrogens is 1. The number of carbonyl (C=O) groups is 1. The van der Waals surface area contributed by atoms with Gasteiger partial charge in [-0.05, 0) is 30.4 Å². The molecule has 0 unspecified atom stereocenters. The average molecular weight is 276 g/mol. The van der Waals surface area contributed by atoms with Crippen LogP contribution < -0.4 is 16.4 Å². The number of nitrogen functional groups attached to an aromatic ring is 1. The number of nitrogens with two attached hydrogens (primary N) is 2. The minimum Gasteiger partial charge on any atom is -0.396 e. The number of anilines is 2. The van der Waals surface area contributed by atoms with Gasteiger partial charge in [0.2, 0.25) is 0 Å². The van der Waals surface area contributed by atoms with Gasteiger partial charge in [0.15, 0.2) is 5.82 Å². The van der Waals surface area contributed by atoms with Crippen LogP contribution in [0.4, 0.5) is 11.5 Å². The molecule has 0 saturated carbocycles. The predicted octanol–water partition coefficient (Wildman–Crippen LogP) is 2.17. The van der Waals surface area contributed by atoms with Gasteiger partial charge in [0.05, 0.1) is 5.69 Å². The quantitative estimate of drug-likeness (QED) is 0.882. The van der Waals surface area contributed by atoms with Gasteiger partial charge in [0.1, 0.15) is 5.69 Å². The summed E-state index contributed by atoms with van der Waals surface area (Å²) in [5.41, 5.74) is 12.6. The molecule has 1 saturated heterocycles. The molecule has 110 valence electrons. The molecule has 1 fully saturated rings. The number of pyridine rings is 1. The topological polar surface area (TPSA) is 85.2 Å². The van der Waals surface area contributed by atoms with E-state index in [-0.39, 0.29) is 5.69 Å². The molecule has 1 aromatic rings.